The van der Waals surface area contributed by atoms with E-state index in [4.69, 9.17) is 0 Å². The van der Waals surface area contributed by atoms with E-state index in [1.165, 1.54) is 0 Å². The van der Waals surface area contributed by atoms with Crippen molar-refractivity contribution in [2.24, 2.45) is 0 Å². The Morgan fingerprint density at radius 2 is 2.56 bits per heavy atom. The molecule has 0 atom stereocenters. The Kier molecular flexibility index (Phi) is 1.22. The first-order valence-electron chi connectivity index (χ1n) is 1.86. The van der Waals surface area contributed by atoms with Gasteiger partial charge in [0.15, 0.2) is 0 Å². The van der Waals surface area contributed by atoms with Crippen LogP contribution in [0.1, 0.15) is 0 Å². The molecule has 1 aromatic rings. The van der Waals surface area contributed by atoms with Gasteiger partial charge in [0.05, 0.1) is 9.94 Å². The number of aromatic nitrogens is 4. The molecule has 8 nitrogen and oxygen atoms in total. The van der Waals surface area contributed by atoms with Gasteiger partial charge in [0, 0.05) is 5.21 Å². The maximum absolute atomic E-state index is 9.62. The Balaban J connectivity index is 2.58. The fourth-order valence-corrected chi connectivity index (χ4v) is 0.260. The molecule has 0 spiro atoms. The summed E-state index contributed by atoms with van der Waals surface area (Å²) in [4.78, 5) is 10.2. The lowest BCUT2D eigenvalue weighted by molar-refractivity contribution is -0.464. The third kappa shape index (κ3) is 1.33. The van der Waals surface area contributed by atoms with E-state index in [9.17, 15) is 10.1 Å². The Morgan fingerprint density at radius 3 is 3.00 bits per heavy atom. The monoisotopic (exact) mass is 129 g/mol. The molecule has 0 saturated carbocycles. The van der Waals surface area contributed by atoms with Gasteiger partial charge in [-0.3, -0.25) is 0 Å². The summed E-state index contributed by atoms with van der Waals surface area (Å²) >= 11 is 0. The summed E-state index contributed by atoms with van der Waals surface area (Å²) in [7, 11) is 0. The molecular weight excluding hydrogens is 128 g/mol. The molecule has 0 radical (unpaired) electrons. The summed E-state index contributed by atoms with van der Waals surface area (Å²) in [5.74, 6) is 0. The molecule has 0 saturated heterocycles. The predicted octanol–water partition coefficient (Wildman–Crippen LogP) is -1.79. The molecule has 0 bridgehead atoms. The SMILES string of the molecule is O=[N+]([O-])Nn1n[c-]nn1. The quantitative estimate of drug-likeness (QED) is 0.287. The third-order valence-electron chi connectivity index (χ3n) is 0.485. The molecule has 8 heteroatoms. The molecule has 9 heavy (non-hydrogen) atoms. The third-order valence-corrected chi connectivity index (χ3v) is 0.485. The van der Waals surface area contributed by atoms with Gasteiger partial charge in [-0.25, -0.2) is 5.10 Å². The zero-order chi connectivity index (χ0) is 6.69. The second-order valence-electron chi connectivity index (χ2n) is 1.04. The van der Waals surface area contributed by atoms with Crippen molar-refractivity contribution < 1.29 is 5.03 Å². The van der Waals surface area contributed by atoms with Crippen LogP contribution >= 0.6 is 0 Å². The van der Waals surface area contributed by atoms with Gasteiger partial charge in [0.2, 0.25) is 0 Å². The number of hydrazine groups is 1. The minimum Gasteiger partial charge on any atom is -0.339 e. The second-order valence-corrected chi connectivity index (χ2v) is 1.04. The first kappa shape index (κ1) is 5.41. The van der Waals surface area contributed by atoms with Crippen molar-refractivity contribution in [1.29, 1.82) is 0 Å². The Hall–Kier alpha value is -1.73. The van der Waals surface area contributed by atoms with Gasteiger partial charge in [-0.2, -0.15) is 6.33 Å². The average Bonchev–Trinajstić information content (AvgIpc) is 2.15. The number of nitrogens with zero attached hydrogens (tertiary/aromatic N) is 5. The maximum Gasteiger partial charge on any atom is 0.0567 e. The van der Waals surface area contributed by atoms with Crippen molar-refractivity contribution in [3.05, 3.63) is 16.4 Å². The summed E-state index contributed by atoms with van der Waals surface area (Å²) in [6.45, 7) is 0. The second kappa shape index (κ2) is 2.03. The van der Waals surface area contributed by atoms with Crippen LogP contribution in [0.5, 0.6) is 0 Å². The molecule has 0 aromatic carbocycles. The Bertz CT molecular complexity index is 191. The van der Waals surface area contributed by atoms with Gasteiger partial charge < -0.3 is 15.2 Å². The van der Waals surface area contributed by atoms with Crippen LogP contribution in [0.3, 0.4) is 0 Å². The van der Waals surface area contributed by atoms with Crippen molar-refractivity contribution in [2.45, 2.75) is 0 Å². The average molecular weight is 129 g/mol. The summed E-state index contributed by atoms with van der Waals surface area (Å²) in [6, 6.07) is 0. The molecule has 1 aromatic heterocycles. The van der Waals surface area contributed by atoms with Crippen LogP contribution in [0, 0.1) is 16.4 Å². The molecule has 0 aliphatic heterocycles. The smallest absolute Gasteiger partial charge is 0.0567 e. The van der Waals surface area contributed by atoms with E-state index in [-0.39, 0.29) is 0 Å². The zero-order valence-electron chi connectivity index (χ0n) is 4.05. The summed E-state index contributed by atoms with van der Waals surface area (Å²) in [6.07, 6.45) is 2.02. The summed E-state index contributed by atoms with van der Waals surface area (Å²) < 4.78 is 0. The highest BCUT2D eigenvalue weighted by molar-refractivity contribution is 4.36. The number of hydrogen-bond donors (Lipinski definition) is 1. The van der Waals surface area contributed by atoms with Gasteiger partial charge >= 0.3 is 0 Å². The highest BCUT2D eigenvalue weighted by Crippen LogP contribution is 1.63. The largest absolute Gasteiger partial charge is 0.339 e. The number of rotatable bonds is 2. The van der Waals surface area contributed by atoms with E-state index < -0.39 is 5.03 Å². The standard InChI is InChI=1S/CHN6O2/c8-7(9)5-6-3-1-2-4-6/h5H/q-1. The van der Waals surface area contributed by atoms with Crippen LogP contribution in [0.25, 0.3) is 0 Å². The van der Waals surface area contributed by atoms with Gasteiger partial charge in [-0.1, -0.05) is 0 Å². The lowest BCUT2D eigenvalue weighted by Gasteiger charge is -1.91. The first-order chi connectivity index (χ1) is 4.29. The molecule has 0 aliphatic carbocycles. The van der Waals surface area contributed by atoms with Crippen molar-refractivity contribution in [1.82, 2.24) is 20.3 Å². The fourth-order valence-electron chi connectivity index (χ4n) is 0.260. The van der Waals surface area contributed by atoms with E-state index in [2.05, 4.69) is 15.4 Å². The Morgan fingerprint density at radius 1 is 1.78 bits per heavy atom. The number of tetrazole rings is 1. The van der Waals surface area contributed by atoms with Crippen LogP contribution in [0.2, 0.25) is 0 Å². The van der Waals surface area contributed by atoms with E-state index >= 15 is 0 Å². The van der Waals surface area contributed by atoms with Gasteiger partial charge in [-0.05, 0) is 5.53 Å². The van der Waals surface area contributed by atoms with Crippen LogP contribution in [-0.2, 0) is 0 Å². The highest BCUT2D eigenvalue weighted by atomic mass is 16.7. The summed E-state index contributed by atoms with van der Waals surface area (Å²) in [5, 5.41) is 18.2. The van der Waals surface area contributed by atoms with Gasteiger partial charge in [0.1, 0.15) is 0 Å². The number of nitro groups is 1. The fraction of sp³-hybridized carbons (Fsp3) is 0. The first-order valence-corrected chi connectivity index (χ1v) is 1.86. The van der Waals surface area contributed by atoms with E-state index in [1.54, 1.807) is 5.53 Å². The van der Waals surface area contributed by atoms with Crippen LogP contribution in [-0.4, -0.2) is 25.3 Å². The van der Waals surface area contributed by atoms with E-state index in [0.29, 0.717) is 4.91 Å². The van der Waals surface area contributed by atoms with E-state index in [0.717, 1.165) is 0 Å². The van der Waals surface area contributed by atoms with Crippen LogP contribution < -0.4 is 5.53 Å². The van der Waals surface area contributed by atoms with Crippen LogP contribution in [0.15, 0.2) is 0 Å². The number of hydrogen-bond acceptors (Lipinski definition) is 5. The lowest BCUT2D eigenvalue weighted by Crippen LogP contribution is -2.23. The molecule has 48 valence electrons. The van der Waals surface area contributed by atoms with Crippen molar-refractivity contribution >= 4 is 0 Å². The molecule has 0 amide bonds. The molecule has 0 unspecified atom stereocenters. The van der Waals surface area contributed by atoms with Gasteiger partial charge in [-0.15, -0.1) is 0 Å². The minimum atomic E-state index is -0.810. The van der Waals surface area contributed by atoms with Gasteiger partial charge in [0.25, 0.3) is 0 Å². The van der Waals surface area contributed by atoms with Crippen LogP contribution in [0.4, 0.5) is 0 Å². The highest BCUT2D eigenvalue weighted by Gasteiger charge is 1.90. The zero-order valence-corrected chi connectivity index (χ0v) is 4.05. The molecule has 1 rings (SSSR count). The van der Waals surface area contributed by atoms with Crippen molar-refractivity contribution in [3.63, 3.8) is 0 Å². The molecule has 1 N–H and O–H groups in total. The molecule has 0 aliphatic rings. The molecule has 0 fully saturated rings. The normalized spacial score (nSPS) is 8.89. The predicted molar refractivity (Wildman–Crippen MR) is 23.0 cm³/mol. The van der Waals surface area contributed by atoms with E-state index in [1.807, 2.05) is 6.33 Å². The minimum absolute atomic E-state index is 0.583. The topological polar surface area (TPSA) is 98.8 Å². The van der Waals surface area contributed by atoms with Crippen molar-refractivity contribution in [3.8, 4) is 0 Å². The lowest BCUT2D eigenvalue weighted by atomic mass is 11.4. The Labute approximate surface area is 48.6 Å². The summed E-state index contributed by atoms with van der Waals surface area (Å²) in [5.41, 5.74) is 1.61. The molecular formula is CHN6O2-. The van der Waals surface area contributed by atoms with Crippen molar-refractivity contribution in [2.75, 3.05) is 5.53 Å². The maximum atomic E-state index is 9.62. The number of nitrogens with one attached hydrogen (secondary N) is 1. The molecule has 1 heterocycles.